The molecule has 3 rings (SSSR count). The van der Waals surface area contributed by atoms with Gasteiger partial charge in [-0.2, -0.15) is 0 Å². The van der Waals surface area contributed by atoms with Crippen molar-refractivity contribution in [2.75, 3.05) is 6.54 Å². The predicted molar refractivity (Wildman–Crippen MR) is 80.9 cm³/mol. The quantitative estimate of drug-likeness (QED) is 0.683. The molecule has 20 heavy (non-hydrogen) atoms. The van der Waals surface area contributed by atoms with E-state index in [-0.39, 0.29) is 0 Å². The van der Waals surface area contributed by atoms with Crippen molar-refractivity contribution < 1.29 is 8.83 Å². The molecule has 0 aliphatic heterocycles. The maximum absolute atomic E-state index is 6.11. The van der Waals surface area contributed by atoms with Crippen molar-refractivity contribution in [1.29, 1.82) is 0 Å². The predicted octanol–water partition coefficient (Wildman–Crippen LogP) is 4.85. The largest absolute Gasteiger partial charge is 0.456 e. The first-order valence-electron chi connectivity index (χ1n) is 6.76. The van der Waals surface area contributed by atoms with E-state index < -0.39 is 0 Å². The first-order chi connectivity index (χ1) is 9.78. The third-order valence-corrected chi connectivity index (χ3v) is 3.42. The van der Waals surface area contributed by atoms with Crippen LogP contribution in [-0.2, 0) is 6.54 Å². The summed E-state index contributed by atoms with van der Waals surface area (Å²) in [6.45, 7) is 3.85. The Labute approximate surface area is 122 Å². The SMILES string of the molecule is CCCNCc1ccc(-c2cc3cccc(Cl)c3o2)o1. The first kappa shape index (κ1) is 13.3. The summed E-state index contributed by atoms with van der Waals surface area (Å²) in [5.74, 6) is 2.33. The molecule has 0 fully saturated rings. The lowest BCUT2D eigenvalue weighted by molar-refractivity contribution is 0.479. The van der Waals surface area contributed by atoms with E-state index in [4.69, 9.17) is 20.4 Å². The molecule has 0 saturated carbocycles. The van der Waals surface area contributed by atoms with E-state index in [2.05, 4.69) is 12.2 Å². The van der Waals surface area contributed by atoms with Crippen LogP contribution in [0, 0.1) is 0 Å². The molecule has 2 heterocycles. The Morgan fingerprint density at radius 1 is 1.10 bits per heavy atom. The van der Waals surface area contributed by atoms with Crippen LogP contribution in [0.25, 0.3) is 22.5 Å². The van der Waals surface area contributed by atoms with Crippen molar-refractivity contribution >= 4 is 22.6 Å². The topological polar surface area (TPSA) is 38.3 Å². The fourth-order valence-electron chi connectivity index (χ4n) is 2.14. The molecule has 104 valence electrons. The van der Waals surface area contributed by atoms with Crippen LogP contribution in [-0.4, -0.2) is 6.54 Å². The minimum Gasteiger partial charge on any atom is -0.456 e. The Kier molecular flexibility index (Phi) is 3.81. The highest BCUT2D eigenvalue weighted by Crippen LogP contribution is 2.32. The van der Waals surface area contributed by atoms with Gasteiger partial charge in [0, 0.05) is 5.39 Å². The summed E-state index contributed by atoms with van der Waals surface area (Å²) in [6.07, 6.45) is 1.11. The van der Waals surface area contributed by atoms with Crippen LogP contribution < -0.4 is 5.32 Å². The number of hydrogen-bond donors (Lipinski definition) is 1. The lowest BCUT2D eigenvalue weighted by Gasteiger charge is -1.98. The highest BCUT2D eigenvalue weighted by Gasteiger charge is 2.12. The van der Waals surface area contributed by atoms with Gasteiger partial charge in [-0.1, -0.05) is 30.7 Å². The van der Waals surface area contributed by atoms with Crippen molar-refractivity contribution in [2.24, 2.45) is 0 Å². The van der Waals surface area contributed by atoms with E-state index in [1.54, 1.807) is 0 Å². The van der Waals surface area contributed by atoms with Crippen LogP contribution in [0.1, 0.15) is 19.1 Å². The van der Waals surface area contributed by atoms with E-state index in [0.717, 1.165) is 36.4 Å². The Balaban J connectivity index is 1.85. The summed E-state index contributed by atoms with van der Waals surface area (Å²) in [5, 5.41) is 4.90. The molecule has 0 spiro atoms. The Hall–Kier alpha value is -1.71. The van der Waals surface area contributed by atoms with Gasteiger partial charge in [0.15, 0.2) is 17.1 Å². The molecule has 0 aliphatic carbocycles. The van der Waals surface area contributed by atoms with Gasteiger partial charge >= 0.3 is 0 Å². The minimum atomic E-state index is 0.616. The number of halogens is 1. The number of nitrogens with one attached hydrogen (secondary N) is 1. The number of hydrogen-bond acceptors (Lipinski definition) is 3. The standard InChI is InChI=1S/C16H16ClNO2/c1-2-8-18-10-12-6-7-14(19-12)15-9-11-4-3-5-13(17)16(11)20-15/h3-7,9,18H,2,8,10H2,1H3. The first-order valence-corrected chi connectivity index (χ1v) is 7.13. The van der Waals surface area contributed by atoms with E-state index in [0.29, 0.717) is 16.4 Å². The smallest absolute Gasteiger partial charge is 0.170 e. The second-order valence-corrected chi connectivity index (χ2v) is 5.12. The monoisotopic (exact) mass is 289 g/mol. The van der Waals surface area contributed by atoms with Crippen LogP contribution in [0.2, 0.25) is 5.02 Å². The summed E-state index contributed by atoms with van der Waals surface area (Å²) in [7, 11) is 0. The van der Waals surface area contributed by atoms with Gasteiger partial charge in [0.05, 0.1) is 11.6 Å². The van der Waals surface area contributed by atoms with Crippen LogP contribution >= 0.6 is 11.6 Å². The Morgan fingerprint density at radius 3 is 2.80 bits per heavy atom. The van der Waals surface area contributed by atoms with Crippen LogP contribution in [0.3, 0.4) is 0 Å². The number of furan rings is 2. The van der Waals surface area contributed by atoms with Gasteiger partial charge in [-0.05, 0) is 37.2 Å². The highest BCUT2D eigenvalue weighted by atomic mass is 35.5. The normalized spacial score (nSPS) is 11.3. The maximum atomic E-state index is 6.11. The van der Waals surface area contributed by atoms with E-state index >= 15 is 0 Å². The Morgan fingerprint density at radius 2 is 2.00 bits per heavy atom. The Bertz CT molecular complexity index is 714. The second kappa shape index (κ2) is 5.73. The average Bonchev–Trinajstić information content (AvgIpc) is 3.05. The molecule has 0 radical (unpaired) electrons. The highest BCUT2D eigenvalue weighted by molar-refractivity contribution is 6.34. The molecule has 3 aromatic rings. The molecule has 1 N–H and O–H groups in total. The fraction of sp³-hybridized carbons (Fsp3) is 0.250. The zero-order valence-electron chi connectivity index (χ0n) is 11.3. The van der Waals surface area contributed by atoms with Crippen molar-refractivity contribution in [3.8, 4) is 11.5 Å². The second-order valence-electron chi connectivity index (χ2n) is 4.71. The van der Waals surface area contributed by atoms with Crippen LogP contribution in [0.4, 0.5) is 0 Å². The fourth-order valence-corrected chi connectivity index (χ4v) is 2.36. The van der Waals surface area contributed by atoms with Gasteiger partial charge in [0.1, 0.15) is 5.76 Å². The van der Waals surface area contributed by atoms with Crippen molar-refractivity contribution in [2.45, 2.75) is 19.9 Å². The molecule has 0 atom stereocenters. The van der Waals surface area contributed by atoms with Crippen molar-refractivity contribution in [1.82, 2.24) is 5.32 Å². The number of benzene rings is 1. The molecular weight excluding hydrogens is 274 g/mol. The molecule has 0 unspecified atom stereocenters. The van der Waals surface area contributed by atoms with Crippen molar-refractivity contribution in [3.63, 3.8) is 0 Å². The number of fused-ring (bicyclic) bond motifs is 1. The molecule has 0 saturated heterocycles. The van der Waals surface area contributed by atoms with Gasteiger partial charge in [-0.15, -0.1) is 0 Å². The molecule has 4 heteroatoms. The van der Waals surface area contributed by atoms with Gasteiger partial charge in [-0.3, -0.25) is 0 Å². The lowest BCUT2D eigenvalue weighted by atomic mass is 10.2. The van der Waals surface area contributed by atoms with Gasteiger partial charge in [-0.25, -0.2) is 0 Å². The molecule has 0 bridgehead atoms. The molecule has 1 aromatic carbocycles. The van der Waals surface area contributed by atoms with E-state index in [1.165, 1.54) is 0 Å². The third kappa shape index (κ3) is 2.60. The summed E-state index contributed by atoms with van der Waals surface area (Å²) in [6, 6.07) is 11.5. The maximum Gasteiger partial charge on any atom is 0.170 e. The van der Waals surface area contributed by atoms with Gasteiger partial charge in [0.2, 0.25) is 0 Å². The molecule has 0 amide bonds. The number of para-hydroxylation sites is 1. The summed E-state index contributed by atoms with van der Waals surface area (Å²) in [5.41, 5.74) is 0.700. The number of rotatable bonds is 5. The summed E-state index contributed by atoms with van der Waals surface area (Å²) >= 11 is 6.11. The molecular formula is C16H16ClNO2. The van der Waals surface area contributed by atoms with E-state index in [1.807, 2.05) is 36.4 Å². The zero-order valence-corrected chi connectivity index (χ0v) is 12.0. The molecule has 0 aliphatic rings. The van der Waals surface area contributed by atoms with Crippen LogP contribution in [0.5, 0.6) is 0 Å². The molecule has 3 nitrogen and oxygen atoms in total. The molecule has 2 aromatic heterocycles. The van der Waals surface area contributed by atoms with E-state index in [9.17, 15) is 0 Å². The van der Waals surface area contributed by atoms with Gasteiger partial charge < -0.3 is 14.2 Å². The zero-order chi connectivity index (χ0) is 13.9. The van der Waals surface area contributed by atoms with Crippen molar-refractivity contribution in [3.05, 3.63) is 47.2 Å². The third-order valence-electron chi connectivity index (χ3n) is 3.13. The summed E-state index contributed by atoms with van der Waals surface area (Å²) < 4.78 is 11.6. The minimum absolute atomic E-state index is 0.616. The average molecular weight is 290 g/mol. The summed E-state index contributed by atoms with van der Waals surface area (Å²) in [4.78, 5) is 0. The van der Waals surface area contributed by atoms with Crippen LogP contribution in [0.15, 0.2) is 45.2 Å². The lowest BCUT2D eigenvalue weighted by Crippen LogP contribution is -2.12. The van der Waals surface area contributed by atoms with Gasteiger partial charge in [0.25, 0.3) is 0 Å².